The molecule has 0 aliphatic heterocycles. The van der Waals surface area contributed by atoms with Gasteiger partial charge in [-0.2, -0.15) is 0 Å². The molecule has 19 heavy (non-hydrogen) atoms. The molecule has 0 spiro atoms. The monoisotopic (exact) mass is 285 g/mol. The van der Waals surface area contributed by atoms with E-state index in [0.717, 1.165) is 6.42 Å². The van der Waals surface area contributed by atoms with Crippen molar-refractivity contribution in [3.8, 4) is 0 Å². The lowest BCUT2D eigenvalue weighted by atomic mass is 10.0. The largest absolute Gasteiger partial charge is 0.382 e. The maximum absolute atomic E-state index is 11.9. The van der Waals surface area contributed by atoms with Gasteiger partial charge in [0.05, 0.1) is 5.69 Å². The lowest BCUT2D eigenvalue weighted by Gasteiger charge is -2.17. The molecule has 0 aromatic heterocycles. The standard InChI is InChI=1S/C13H23N3O2S/c1-10(2)8-11(14)9-16-12-6-4-5-7-13(12)19(17,18)15-3/h4-7,10-11,15-16H,8-9,14H2,1-3H3. The second kappa shape index (κ2) is 6.88. The Balaban J connectivity index is 2.80. The number of rotatable bonds is 7. The van der Waals surface area contributed by atoms with E-state index in [0.29, 0.717) is 18.2 Å². The first kappa shape index (κ1) is 15.9. The third-order valence-corrected chi connectivity index (χ3v) is 4.25. The quantitative estimate of drug-likeness (QED) is 0.706. The van der Waals surface area contributed by atoms with Gasteiger partial charge in [-0.15, -0.1) is 0 Å². The van der Waals surface area contributed by atoms with E-state index in [1.54, 1.807) is 24.3 Å². The van der Waals surface area contributed by atoms with Crippen molar-refractivity contribution in [3.05, 3.63) is 24.3 Å². The van der Waals surface area contributed by atoms with Crippen LogP contribution < -0.4 is 15.8 Å². The van der Waals surface area contributed by atoms with Gasteiger partial charge in [-0.05, 0) is 31.5 Å². The summed E-state index contributed by atoms with van der Waals surface area (Å²) < 4.78 is 26.0. The summed E-state index contributed by atoms with van der Waals surface area (Å²) in [5.74, 6) is 0.521. The van der Waals surface area contributed by atoms with Crippen LogP contribution in [0.4, 0.5) is 5.69 Å². The van der Waals surface area contributed by atoms with Crippen molar-refractivity contribution in [1.29, 1.82) is 0 Å². The lowest BCUT2D eigenvalue weighted by molar-refractivity contribution is 0.508. The highest BCUT2D eigenvalue weighted by atomic mass is 32.2. The first-order valence-corrected chi connectivity index (χ1v) is 7.87. The van der Waals surface area contributed by atoms with Gasteiger partial charge in [0.25, 0.3) is 0 Å². The van der Waals surface area contributed by atoms with Crippen LogP contribution in [0.25, 0.3) is 0 Å². The molecule has 1 aromatic carbocycles. The van der Waals surface area contributed by atoms with Crippen LogP contribution in [0, 0.1) is 5.92 Å². The predicted octanol–water partition coefficient (Wildman–Crippen LogP) is 1.38. The third kappa shape index (κ3) is 4.81. The minimum absolute atomic E-state index is 0.00495. The lowest BCUT2D eigenvalue weighted by Crippen LogP contribution is -2.31. The van der Waals surface area contributed by atoms with E-state index in [4.69, 9.17) is 5.73 Å². The molecule has 1 aromatic rings. The first-order chi connectivity index (χ1) is 8.86. The SMILES string of the molecule is CNS(=O)(=O)c1ccccc1NCC(N)CC(C)C. The Kier molecular flexibility index (Phi) is 5.78. The number of hydrogen-bond acceptors (Lipinski definition) is 4. The molecule has 6 heteroatoms. The van der Waals surface area contributed by atoms with Crippen molar-refractivity contribution in [3.63, 3.8) is 0 Å². The molecular weight excluding hydrogens is 262 g/mol. The summed E-state index contributed by atoms with van der Waals surface area (Å²) in [7, 11) is -2.05. The highest BCUT2D eigenvalue weighted by Crippen LogP contribution is 2.20. The van der Waals surface area contributed by atoms with Gasteiger partial charge in [-0.1, -0.05) is 26.0 Å². The van der Waals surface area contributed by atoms with Crippen molar-refractivity contribution in [2.75, 3.05) is 18.9 Å². The number of nitrogens with two attached hydrogens (primary N) is 1. The van der Waals surface area contributed by atoms with Crippen molar-refractivity contribution in [2.24, 2.45) is 11.7 Å². The Bertz CT molecular complexity index is 500. The van der Waals surface area contributed by atoms with E-state index < -0.39 is 10.0 Å². The van der Waals surface area contributed by atoms with Gasteiger partial charge in [-0.25, -0.2) is 13.1 Å². The second-order valence-electron chi connectivity index (χ2n) is 4.97. The van der Waals surface area contributed by atoms with Crippen LogP contribution in [0.5, 0.6) is 0 Å². The van der Waals surface area contributed by atoms with Crippen LogP contribution in [0.1, 0.15) is 20.3 Å². The van der Waals surface area contributed by atoms with Gasteiger partial charge in [0.2, 0.25) is 10.0 Å². The maximum atomic E-state index is 11.9. The summed E-state index contributed by atoms with van der Waals surface area (Å²) in [5, 5.41) is 3.11. The van der Waals surface area contributed by atoms with Crippen LogP contribution >= 0.6 is 0 Å². The van der Waals surface area contributed by atoms with E-state index in [2.05, 4.69) is 23.9 Å². The maximum Gasteiger partial charge on any atom is 0.242 e. The summed E-state index contributed by atoms with van der Waals surface area (Å²) >= 11 is 0. The third-order valence-electron chi connectivity index (χ3n) is 2.77. The summed E-state index contributed by atoms with van der Waals surface area (Å²) in [5.41, 5.74) is 6.57. The van der Waals surface area contributed by atoms with Gasteiger partial charge >= 0.3 is 0 Å². The van der Waals surface area contributed by atoms with Crippen LogP contribution in [-0.4, -0.2) is 28.1 Å². The molecule has 0 fully saturated rings. The fourth-order valence-electron chi connectivity index (χ4n) is 1.89. The van der Waals surface area contributed by atoms with Gasteiger partial charge < -0.3 is 11.1 Å². The van der Waals surface area contributed by atoms with Crippen LogP contribution in [0.3, 0.4) is 0 Å². The number of hydrogen-bond donors (Lipinski definition) is 3. The van der Waals surface area contributed by atoms with Gasteiger partial charge in [0.15, 0.2) is 0 Å². The smallest absolute Gasteiger partial charge is 0.242 e. The molecule has 0 amide bonds. The number of nitrogens with one attached hydrogen (secondary N) is 2. The van der Waals surface area contributed by atoms with E-state index in [1.807, 2.05) is 0 Å². The minimum Gasteiger partial charge on any atom is -0.382 e. The number of para-hydroxylation sites is 1. The molecule has 0 bridgehead atoms. The fraction of sp³-hybridized carbons (Fsp3) is 0.538. The van der Waals surface area contributed by atoms with Gasteiger partial charge in [0, 0.05) is 12.6 Å². The van der Waals surface area contributed by atoms with E-state index in [9.17, 15) is 8.42 Å². The van der Waals surface area contributed by atoms with E-state index in [-0.39, 0.29) is 10.9 Å². The zero-order valence-electron chi connectivity index (χ0n) is 11.7. The molecule has 4 N–H and O–H groups in total. The predicted molar refractivity (Wildman–Crippen MR) is 78.6 cm³/mol. The van der Waals surface area contributed by atoms with E-state index >= 15 is 0 Å². The van der Waals surface area contributed by atoms with Crippen molar-refractivity contribution < 1.29 is 8.42 Å². The second-order valence-corrected chi connectivity index (χ2v) is 6.83. The number of anilines is 1. The zero-order chi connectivity index (χ0) is 14.5. The van der Waals surface area contributed by atoms with Crippen molar-refractivity contribution in [1.82, 2.24) is 4.72 Å². The van der Waals surface area contributed by atoms with Gasteiger partial charge in [0.1, 0.15) is 4.90 Å². The van der Waals surface area contributed by atoms with Gasteiger partial charge in [-0.3, -0.25) is 0 Å². The first-order valence-electron chi connectivity index (χ1n) is 6.39. The molecule has 1 atom stereocenters. The Labute approximate surface area is 115 Å². The molecule has 1 rings (SSSR count). The highest BCUT2D eigenvalue weighted by molar-refractivity contribution is 7.89. The highest BCUT2D eigenvalue weighted by Gasteiger charge is 2.16. The Morgan fingerprint density at radius 2 is 1.89 bits per heavy atom. The average molecular weight is 285 g/mol. The number of sulfonamides is 1. The average Bonchev–Trinajstić information content (AvgIpc) is 2.36. The fourth-order valence-corrected chi connectivity index (χ4v) is 2.79. The van der Waals surface area contributed by atoms with E-state index in [1.165, 1.54) is 7.05 Å². The molecule has 5 nitrogen and oxygen atoms in total. The van der Waals surface area contributed by atoms with Crippen LogP contribution in [0.15, 0.2) is 29.2 Å². The molecular formula is C13H23N3O2S. The molecule has 0 saturated heterocycles. The van der Waals surface area contributed by atoms with Crippen molar-refractivity contribution >= 4 is 15.7 Å². The molecule has 0 radical (unpaired) electrons. The summed E-state index contributed by atoms with van der Waals surface area (Å²) in [6.45, 7) is 4.77. The molecule has 108 valence electrons. The van der Waals surface area contributed by atoms with Crippen LogP contribution in [-0.2, 0) is 10.0 Å². The molecule has 0 saturated carbocycles. The Morgan fingerprint density at radius 3 is 2.47 bits per heavy atom. The molecule has 0 aliphatic carbocycles. The Morgan fingerprint density at radius 1 is 1.26 bits per heavy atom. The van der Waals surface area contributed by atoms with Crippen molar-refractivity contribution in [2.45, 2.75) is 31.2 Å². The topological polar surface area (TPSA) is 84.2 Å². The zero-order valence-corrected chi connectivity index (χ0v) is 12.5. The molecule has 1 unspecified atom stereocenters. The molecule has 0 aliphatic rings. The summed E-state index contributed by atoms with van der Waals surface area (Å²) in [4.78, 5) is 0.245. The minimum atomic E-state index is -3.45. The molecule has 0 heterocycles. The Hall–Kier alpha value is -1.11. The normalized spacial score (nSPS) is 13.5. The summed E-state index contributed by atoms with van der Waals surface area (Å²) in [6.07, 6.45) is 0.897. The number of benzene rings is 1. The van der Waals surface area contributed by atoms with Crippen LogP contribution in [0.2, 0.25) is 0 Å². The summed E-state index contributed by atoms with van der Waals surface area (Å²) in [6, 6.07) is 6.81.